The van der Waals surface area contributed by atoms with E-state index in [9.17, 15) is 0 Å². The molecule has 0 saturated carbocycles. The molecule has 0 aliphatic rings. The fourth-order valence-corrected chi connectivity index (χ4v) is 2.76. The maximum absolute atomic E-state index is 2.25. The Morgan fingerprint density at radius 1 is 0.579 bits per heavy atom. The van der Waals surface area contributed by atoms with Crippen LogP contribution in [0.4, 0.5) is 0 Å². The van der Waals surface area contributed by atoms with Gasteiger partial charge in [-0.1, -0.05) is 54.6 Å². The molecule has 19 heavy (non-hydrogen) atoms. The Morgan fingerprint density at radius 3 is 2.16 bits per heavy atom. The van der Waals surface area contributed by atoms with Gasteiger partial charge in [0.1, 0.15) is 0 Å². The van der Waals surface area contributed by atoms with Gasteiger partial charge in [-0.15, -0.1) is 0 Å². The lowest BCUT2D eigenvalue weighted by atomic mass is 9.91. The molecule has 3 aromatic carbocycles. The second-order valence-electron chi connectivity index (χ2n) is 5.21. The predicted octanol–water partition coefficient (Wildman–Crippen LogP) is 5.43. The topological polar surface area (TPSA) is 0 Å². The van der Waals surface area contributed by atoms with Gasteiger partial charge in [-0.2, -0.15) is 0 Å². The van der Waals surface area contributed by atoms with Crippen LogP contribution in [-0.4, -0.2) is 0 Å². The molecule has 0 radical (unpaired) electrons. The second-order valence-corrected chi connectivity index (χ2v) is 5.21. The highest BCUT2D eigenvalue weighted by Gasteiger charge is 2.08. The Hall–Kier alpha value is -2.08. The van der Waals surface area contributed by atoms with E-state index in [1.54, 1.807) is 0 Å². The van der Waals surface area contributed by atoms with E-state index >= 15 is 0 Å². The van der Waals surface area contributed by atoms with E-state index in [-0.39, 0.29) is 0 Å². The third kappa shape index (κ3) is 1.94. The van der Waals surface area contributed by atoms with Crippen LogP contribution >= 0.6 is 0 Å². The summed E-state index contributed by atoms with van der Waals surface area (Å²) in [6.45, 7) is 6.61. The average Bonchev–Trinajstić information content (AvgIpc) is 2.43. The highest BCUT2D eigenvalue weighted by Crippen LogP contribution is 2.32. The molecule has 0 aliphatic heterocycles. The van der Waals surface area contributed by atoms with Crippen molar-refractivity contribution in [1.29, 1.82) is 0 Å². The molecule has 0 aromatic heterocycles. The van der Waals surface area contributed by atoms with E-state index in [1.165, 1.54) is 38.6 Å². The van der Waals surface area contributed by atoms with E-state index in [0.29, 0.717) is 0 Å². The zero-order valence-electron chi connectivity index (χ0n) is 11.7. The first kappa shape index (κ1) is 12.0. The smallest absolute Gasteiger partial charge is 0.0146 e. The van der Waals surface area contributed by atoms with Gasteiger partial charge in [0.15, 0.2) is 0 Å². The van der Waals surface area contributed by atoms with Crippen LogP contribution in [-0.2, 0) is 0 Å². The molecule has 0 heterocycles. The molecule has 0 spiro atoms. The summed E-state index contributed by atoms with van der Waals surface area (Å²) >= 11 is 0. The fraction of sp³-hybridized carbons (Fsp3) is 0.158. The average molecular weight is 246 g/mol. The Labute approximate surface area is 114 Å². The van der Waals surface area contributed by atoms with Crippen LogP contribution in [0.25, 0.3) is 21.9 Å². The molecule has 0 atom stereocenters. The van der Waals surface area contributed by atoms with Crippen molar-refractivity contribution in [2.75, 3.05) is 0 Å². The largest absolute Gasteiger partial charge is 0.0616 e. The van der Waals surface area contributed by atoms with Crippen LogP contribution in [0.2, 0.25) is 0 Å². The second kappa shape index (κ2) is 4.55. The lowest BCUT2D eigenvalue weighted by molar-refractivity contribution is 1.33. The van der Waals surface area contributed by atoms with Crippen molar-refractivity contribution in [3.63, 3.8) is 0 Å². The standard InChI is InChI=1S/C19H18/c1-13-7-6-10-18(14(13)2)19-12-11-16-8-4-5-9-17(16)15(19)3/h4-12H,1-3H3. The first-order valence-electron chi connectivity index (χ1n) is 6.73. The van der Waals surface area contributed by atoms with Crippen LogP contribution in [0.1, 0.15) is 16.7 Å². The third-order valence-electron chi connectivity index (χ3n) is 4.09. The highest BCUT2D eigenvalue weighted by molar-refractivity contribution is 5.92. The molecule has 0 nitrogen and oxygen atoms in total. The molecule has 94 valence electrons. The lowest BCUT2D eigenvalue weighted by Gasteiger charge is -2.13. The van der Waals surface area contributed by atoms with Gasteiger partial charge in [0, 0.05) is 0 Å². The van der Waals surface area contributed by atoms with Crippen molar-refractivity contribution in [3.05, 3.63) is 71.3 Å². The summed E-state index contributed by atoms with van der Waals surface area (Å²) in [6, 6.07) is 19.6. The van der Waals surface area contributed by atoms with Crippen LogP contribution in [0.5, 0.6) is 0 Å². The Bertz CT molecular complexity index is 751. The molecule has 0 bridgehead atoms. The molecular weight excluding hydrogens is 228 g/mol. The van der Waals surface area contributed by atoms with Crippen molar-refractivity contribution in [3.8, 4) is 11.1 Å². The number of rotatable bonds is 1. The van der Waals surface area contributed by atoms with Crippen LogP contribution in [0.3, 0.4) is 0 Å². The SMILES string of the molecule is Cc1cccc(-c2ccc3ccccc3c2C)c1C. The van der Waals surface area contributed by atoms with Gasteiger partial charge in [0.25, 0.3) is 0 Å². The van der Waals surface area contributed by atoms with Crippen molar-refractivity contribution >= 4 is 10.8 Å². The lowest BCUT2D eigenvalue weighted by Crippen LogP contribution is -1.90. The highest BCUT2D eigenvalue weighted by atomic mass is 14.1. The van der Waals surface area contributed by atoms with Gasteiger partial charge in [0.2, 0.25) is 0 Å². The van der Waals surface area contributed by atoms with Gasteiger partial charge in [-0.25, -0.2) is 0 Å². The summed E-state index contributed by atoms with van der Waals surface area (Å²) in [6.07, 6.45) is 0. The zero-order valence-corrected chi connectivity index (χ0v) is 11.7. The maximum Gasteiger partial charge on any atom is -0.0146 e. The summed E-state index contributed by atoms with van der Waals surface area (Å²) in [4.78, 5) is 0. The first-order chi connectivity index (χ1) is 9.18. The van der Waals surface area contributed by atoms with Gasteiger partial charge < -0.3 is 0 Å². The normalized spacial score (nSPS) is 10.9. The summed E-state index contributed by atoms with van der Waals surface area (Å²) < 4.78 is 0. The molecule has 0 fully saturated rings. The van der Waals surface area contributed by atoms with Crippen molar-refractivity contribution in [1.82, 2.24) is 0 Å². The van der Waals surface area contributed by atoms with Gasteiger partial charge in [-0.05, 0) is 59.4 Å². The number of aryl methyl sites for hydroxylation is 2. The predicted molar refractivity (Wildman–Crippen MR) is 83.6 cm³/mol. The maximum atomic E-state index is 2.25. The number of hydrogen-bond acceptors (Lipinski definition) is 0. The van der Waals surface area contributed by atoms with Crippen molar-refractivity contribution in [2.24, 2.45) is 0 Å². The van der Waals surface area contributed by atoms with E-state index in [2.05, 4.69) is 75.4 Å². The van der Waals surface area contributed by atoms with E-state index in [0.717, 1.165) is 0 Å². The summed E-state index contributed by atoms with van der Waals surface area (Å²) in [5.74, 6) is 0. The molecular formula is C19H18. The van der Waals surface area contributed by atoms with Crippen LogP contribution in [0.15, 0.2) is 54.6 Å². The molecule has 0 heteroatoms. The number of benzene rings is 3. The quantitative estimate of drug-likeness (QED) is 0.537. The Balaban J connectivity index is 2.31. The van der Waals surface area contributed by atoms with Gasteiger partial charge in [0.05, 0.1) is 0 Å². The van der Waals surface area contributed by atoms with Crippen molar-refractivity contribution in [2.45, 2.75) is 20.8 Å². The molecule has 0 amide bonds. The Morgan fingerprint density at radius 2 is 1.32 bits per heavy atom. The van der Waals surface area contributed by atoms with Crippen LogP contribution < -0.4 is 0 Å². The minimum atomic E-state index is 1.31. The monoisotopic (exact) mass is 246 g/mol. The van der Waals surface area contributed by atoms with Crippen molar-refractivity contribution < 1.29 is 0 Å². The van der Waals surface area contributed by atoms with Gasteiger partial charge >= 0.3 is 0 Å². The number of hydrogen-bond donors (Lipinski definition) is 0. The summed E-state index contributed by atoms with van der Waals surface area (Å²) in [5, 5.41) is 2.66. The molecule has 0 saturated heterocycles. The van der Waals surface area contributed by atoms with E-state index < -0.39 is 0 Å². The molecule has 0 unspecified atom stereocenters. The zero-order chi connectivity index (χ0) is 13.4. The minimum absolute atomic E-state index is 1.31. The first-order valence-corrected chi connectivity index (χ1v) is 6.73. The molecule has 0 aliphatic carbocycles. The van der Waals surface area contributed by atoms with Gasteiger partial charge in [-0.3, -0.25) is 0 Å². The molecule has 3 rings (SSSR count). The van der Waals surface area contributed by atoms with E-state index in [4.69, 9.17) is 0 Å². The molecule has 3 aromatic rings. The van der Waals surface area contributed by atoms with Crippen LogP contribution in [0, 0.1) is 20.8 Å². The van der Waals surface area contributed by atoms with E-state index in [1.807, 2.05) is 0 Å². The summed E-state index contributed by atoms with van der Waals surface area (Å²) in [5.41, 5.74) is 6.79. The number of fused-ring (bicyclic) bond motifs is 1. The minimum Gasteiger partial charge on any atom is -0.0616 e. The third-order valence-corrected chi connectivity index (χ3v) is 4.09. The fourth-order valence-electron chi connectivity index (χ4n) is 2.76. The molecule has 0 N–H and O–H groups in total. The Kier molecular flexibility index (Phi) is 2.87. The summed E-state index contributed by atoms with van der Waals surface area (Å²) in [7, 11) is 0.